The second kappa shape index (κ2) is 5.58. The third-order valence-corrected chi connectivity index (χ3v) is 2.94. The van der Waals surface area contributed by atoms with Gasteiger partial charge in [0.2, 0.25) is 0 Å². The highest BCUT2D eigenvalue weighted by Crippen LogP contribution is 2.24. The molecule has 2 nitrogen and oxygen atoms in total. The summed E-state index contributed by atoms with van der Waals surface area (Å²) >= 11 is 0. The highest BCUT2D eigenvalue weighted by Gasteiger charge is 2.03. The molecule has 0 N–H and O–H groups in total. The second-order valence-corrected chi connectivity index (χ2v) is 4.38. The first-order valence-corrected chi connectivity index (χ1v) is 5.99. The van der Waals surface area contributed by atoms with Gasteiger partial charge in [-0.2, -0.15) is 0 Å². The van der Waals surface area contributed by atoms with Crippen molar-refractivity contribution in [2.24, 2.45) is 0 Å². The number of hydrogen-bond donors (Lipinski definition) is 0. The van der Waals surface area contributed by atoms with Crippen molar-refractivity contribution in [3.63, 3.8) is 0 Å². The first-order valence-electron chi connectivity index (χ1n) is 5.99. The number of hydrogen-bond acceptors (Lipinski definition) is 2. The Hall–Kier alpha value is -1.96. The van der Waals surface area contributed by atoms with E-state index in [1.165, 1.54) is 16.7 Å². The lowest BCUT2D eigenvalue weighted by Crippen LogP contribution is -1.93. The van der Waals surface area contributed by atoms with Crippen LogP contribution in [-0.4, -0.2) is 14.2 Å². The summed E-state index contributed by atoms with van der Waals surface area (Å²) in [6.45, 7) is 2.10. The van der Waals surface area contributed by atoms with E-state index in [9.17, 15) is 0 Å². The Balaban J connectivity index is 2.25. The van der Waals surface area contributed by atoms with Gasteiger partial charge >= 0.3 is 0 Å². The summed E-state index contributed by atoms with van der Waals surface area (Å²) in [5, 5.41) is 0. The topological polar surface area (TPSA) is 18.5 Å². The Morgan fingerprint density at radius 2 is 1.33 bits per heavy atom. The Labute approximate surface area is 108 Å². The van der Waals surface area contributed by atoms with Crippen molar-refractivity contribution < 1.29 is 9.47 Å². The van der Waals surface area contributed by atoms with Gasteiger partial charge < -0.3 is 9.47 Å². The summed E-state index contributed by atoms with van der Waals surface area (Å²) in [6, 6.07) is 14.5. The van der Waals surface area contributed by atoms with Crippen LogP contribution < -0.4 is 9.47 Å². The quantitative estimate of drug-likeness (QED) is 0.815. The van der Waals surface area contributed by atoms with Crippen molar-refractivity contribution in [3.8, 4) is 11.5 Å². The molecule has 0 saturated heterocycles. The Morgan fingerprint density at radius 1 is 0.778 bits per heavy atom. The van der Waals surface area contributed by atoms with E-state index in [1.54, 1.807) is 14.2 Å². The average molecular weight is 242 g/mol. The van der Waals surface area contributed by atoms with E-state index in [0.29, 0.717) is 0 Å². The summed E-state index contributed by atoms with van der Waals surface area (Å²) in [5.74, 6) is 1.66. The number of rotatable bonds is 4. The van der Waals surface area contributed by atoms with Crippen LogP contribution in [0.3, 0.4) is 0 Å². The van der Waals surface area contributed by atoms with E-state index in [4.69, 9.17) is 9.47 Å². The van der Waals surface area contributed by atoms with Crippen molar-refractivity contribution >= 4 is 0 Å². The molecule has 18 heavy (non-hydrogen) atoms. The van der Waals surface area contributed by atoms with Crippen LogP contribution in [0.1, 0.15) is 16.7 Å². The van der Waals surface area contributed by atoms with Gasteiger partial charge in [0.25, 0.3) is 0 Å². The molecule has 0 amide bonds. The summed E-state index contributed by atoms with van der Waals surface area (Å²) in [6.07, 6.45) is 0.883. The van der Waals surface area contributed by atoms with Gasteiger partial charge in [0, 0.05) is 6.07 Å². The minimum atomic E-state index is 0.830. The lowest BCUT2D eigenvalue weighted by molar-refractivity contribution is 0.393. The van der Waals surface area contributed by atoms with Crippen LogP contribution in [-0.2, 0) is 6.42 Å². The largest absolute Gasteiger partial charge is 0.497 e. The summed E-state index contributed by atoms with van der Waals surface area (Å²) in [4.78, 5) is 0. The third kappa shape index (κ3) is 3.04. The van der Waals surface area contributed by atoms with Gasteiger partial charge in [-0.25, -0.2) is 0 Å². The highest BCUT2D eigenvalue weighted by atomic mass is 16.5. The molecule has 0 radical (unpaired) electrons. The molecule has 0 fully saturated rings. The maximum Gasteiger partial charge on any atom is 0.122 e. The fraction of sp³-hybridized carbons (Fsp3) is 0.250. The zero-order chi connectivity index (χ0) is 13.0. The standard InChI is InChI=1S/C16H18O2/c1-12-4-6-13(7-5-12)8-14-9-15(17-2)11-16(10-14)18-3/h4-7,9-11H,8H2,1-3H3. The van der Waals surface area contributed by atoms with Gasteiger partial charge in [-0.1, -0.05) is 29.8 Å². The summed E-state index contributed by atoms with van der Waals surface area (Å²) < 4.78 is 10.5. The predicted octanol–water partition coefficient (Wildman–Crippen LogP) is 3.60. The highest BCUT2D eigenvalue weighted by molar-refractivity contribution is 5.40. The van der Waals surface area contributed by atoms with Gasteiger partial charge in [-0.3, -0.25) is 0 Å². The predicted molar refractivity (Wildman–Crippen MR) is 73.5 cm³/mol. The molecular weight excluding hydrogens is 224 g/mol. The minimum Gasteiger partial charge on any atom is -0.497 e. The number of ether oxygens (including phenoxy) is 2. The van der Waals surface area contributed by atoms with Crippen LogP contribution in [0.5, 0.6) is 11.5 Å². The fourth-order valence-corrected chi connectivity index (χ4v) is 1.91. The summed E-state index contributed by atoms with van der Waals surface area (Å²) in [7, 11) is 3.34. The van der Waals surface area contributed by atoms with Crippen LogP contribution in [0.4, 0.5) is 0 Å². The molecule has 0 aliphatic carbocycles. The summed E-state index contributed by atoms with van der Waals surface area (Å²) in [5.41, 5.74) is 3.76. The molecule has 0 saturated carbocycles. The monoisotopic (exact) mass is 242 g/mol. The van der Waals surface area contributed by atoms with Crippen LogP contribution in [0, 0.1) is 6.92 Å². The zero-order valence-corrected chi connectivity index (χ0v) is 11.1. The van der Waals surface area contributed by atoms with Crippen molar-refractivity contribution in [1.82, 2.24) is 0 Å². The van der Waals surface area contributed by atoms with Crippen molar-refractivity contribution in [2.45, 2.75) is 13.3 Å². The van der Waals surface area contributed by atoms with Crippen molar-refractivity contribution in [1.29, 1.82) is 0 Å². The van der Waals surface area contributed by atoms with Crippen LogP contribution >= 0.6 is 0 Å². The second-order valence-electron chi connectivity index (χ2n) is 4.38. The van der Waals surface area contributed by atoms with Gasteiger partial charge in [0.1, 0.15) is 11.5 Å². The Morgan fingerprint density at radius 3 is 1.83 bits per heavy atom. The average Bonchev–Trinajstić information content (AvgIpc) is 2.41. The number of aryl methyl sites for hydroxylation is 1. The molecule has 0 bridgehead atoms. The molecular formula is C16H18O2. The van der Waals surface area contributed by atoms with Crippen molar-refractivity contribution in [3.05, 3.63) is 59.2 Å². The van der Waals surface area contributed by atoms with E-state index in [1.807, 2.05) is 18.2 Å². The van der Waals surface area contributed by atoms with Crippen LogP contribution in [0.25, 0.3) is 0 Å². The van der Waals surface area contributed by atoms with Gasteiger partial charge in [0.15, 0.2) is 0 Å². The van der Waals surface area contributed by atoms with E-state index in [2.05, 4.69) is 31.2 Å². The molecule has 0 spiro atoms. The molecule has 2 aromatic rings. The molecule has 2 aromatic carbocycles. The minimum absolute atomic E-state index is 0.830. The molecule has 0 heterocycles. The first kappa shape index (κ1) is 12.5. The van der Waals surface area contributed by atoms with E-state index in [-0.39, 0.29) is 0 Å². The zero-order valence-electron chi connectivity index (χ0n) is 11.1. The fourth-order valence-electron chi connectivity index (χ4n) is 1.91. The molecule has 0 aliphatic heterocycles. The number of benzene rings is 2. The Kier molecular flexibility index (Phi) is 3.88. The molecule has 2 rings (SSSR count). The lowest BCUT2D eigenvalue weighted by Gasteiger charge is -2.08. The number of methoxy groups -OCH3 is 2. The normalized spacial score (nSPS) is 10.2. The van der Waals surface area contributed by atoms with Gasteiger partial charge in [0.05, 0.1) is 14.2 Å². The molecule has 0 aliphatic rings. The maximum atomic E-state index is 5.27. The lowest BCUT2D eigenvalue weighted by atomic mass is 10.0. The van der Waals surface area contributed by atoms with E-state index >= 15 is 0 Å². The van der Waals surface area contributed by atoms with Gasteiger partial charge in [-0.15, -0.1) is 0 Å². The molecule has 0 unspecified atom stereocenters. The van der Waals surface area contributed by atoms with Crippen LogP contribution in [0.15, 0.2) is 42.5 Å². The molecule has 94 valence electrons. The third-order valence-electron chi connectivity index (χ3n) is 2.94. The van der Waals surface area contributed by atoms with E-state index in [0.717, 1.165) is 17.9 Å². The first-order chi connectivity index (χ1) is 8.71. The molecule has 2 heteroatoms. The maximum absolute atomic E-state index is 5.27. The van der Waals surface area contributed by atoms with Gasteiger partial charge in [-0.05, 0) is 36.6 Å². The molecule has 0 aromatic heterocycles. The Bertz CT molecular complexity index is 493. The smallest absolute Gasteiger partial charge is 0.122 e. The van der Waals surface area contributed by atoms with Crippen LogP contribution in [0.2, 0.25) is 0 Å². The SMILES string of the molecule is COc1cc(Cc2ccc(C)cc2)cc(OC)c1. The van der Waals surface area contributed by atoms with Crippen molar-refractivity contribution in [2.75, 3.05) is 14.2 Å². The molecule has 0 atom stereocenters. The van der Waals surface area contributed by atoms with E-state index < -0.39 is 0 Å².